The third-order valence-corrected chi connectivity index (χ3v) is 4.27. The SMILES string of the molecule is O=C1c2ccccc2C(=O)N1Cc1noc(CC2CCCN2)n1. The highest BCUT2D eigenvalue weighted by molar-refractivity contribution is 6.21. The number of imide groups is 1. The fourth-order valence-corrected chi connectivity index (χ4v) is 3.10. The van der Waals surface area contributed by atoms with E-state index < -0.39 is 0 Å². The van der Waals surface area contributed by atoms with Crippen LogP contribution in [0.3, 0.4) is 0 Å². The summed E-state index contributed by atoms with van der Waals surface area (Å²) < 4.78 is 5.23. The Balaban J connectivity index is 1.48. The Kier molecular flexibility index (Phi) is 3.42. The highest BCUT2D eigenvalue weighted by atomic mass is 16.5. The number of aromatic nitrogens is 2. The summed E-state index contributed by atoms with van der Waals surface area (Å²) in [6.07, 6.45) is 2.92. The Morgan fingerprint density at radius 3 is 2.61 bits per heavy atom. The van der Waals surface area contributed by atoms with E-state index in [1.807, 2.05) is 0 Å². The summed E-state index contributed by atoms with van der Waals surface area (Å²) in [4.78, 5) is 30.1. The van der Waals surface area contributed by atoms with Crippen LogP contribution in [0.25, 0.3) is 0 Å². The monoisotopic (exact) mass is 312 g/mol. The lowest BCUT2D eigenvalue weighted by Gasteiger charge is -2.10. The fourth-order valence-electron chi connectivity index (χ4n) is 3.10. The minimum atomic E-state index is -0.311. The number of hydrogen-bond acceptors (Lipinski definition) is 6. The van der Waals surface area contributed by atoms with E-state index in [0.717, 1.165) is 24.3 Å². The molecule has 7 heteroatoms. The zero-order chi connectivity index (χ0) is 15.8. The van der Waals surface area contributed by atoms with Gasteiger partial charge in [-0.25, -0.2) is 0 Å². The maximum atomic E-state index is 12.3. The van der Waals surface area contributed by atoms with Gasteiger partial charge in [-0.15, -0.1) is 0 Å². The van der Waals surface area contributed by atoms with Crippen LogP contribution >= 0.6 is 0 Å². The lowest BCUT2D eigenvalue weighted by atomic mass is 10.1. The second-order valence-electron chi connectivity index (χ2n) is 5.84. The molecule has 23 heavy (non-hydrogen) atoms. The zero-order valence-electron chi connectivity index (χ0n) is 12.5. The van der Waals surface area contributed by atoms with Gasteiger partial charge < -0.3 is 9.84 Å². The molecule has 2 amide bonds. The van der Waals surface area contributed by atoms with Crippen molar-refractivity contribution in [3.05, 3.63) is 47.1 Å². The van der Waals surface area contributed by atoms with Crippen molar-refractivity contribution in [2.45, 2.75) is 31.8 Å². The molecular formula is C16H16N4O3. The normalized spacial score (nSPS) is 20.3. The molecular weight excluding hydrogens is 296 g/mol. The predicted octanol–water partition coefficient (Wildman–Crippen LogP) is 1.16. The summed E-state index contributed by atoms with van der Waals surface area (Å²) in [5.41, 5.74) is 0.854. The second-order valence-corrected chi connectivity index (χ2v) is 5.84. The molecule has 1 aromatic heterocycles. The van der Waals surface area contributed by atoms with Crippen LogP contribution in [-0.4, -0.2) is 39.4 Å². The fraction of sp³-hybridized carbons (Fsp3) is 0.375. The van der Waals surface area contributed by atoms with Crippen molar-refractivity contribution in [3.63, 3.8) is 0 Å². The molecule has 4 rings (SSSR count). The number of amides is 2. The molecule has 1 aromatic carbocycles. The molecule has 2 aliphatic rings. The minimum Gasteiger partial charge on any atom is -0.339 e. The molecule has 0 radical (unpaired) electrons. The van der Waals surface area contributed by atoms with Crippen molar-refractivity contribution in [3.8, 4) is 0 Å². The lowest BCUT2D eigenvalue weighted by Crippen LogP contribution is -2.29. The van der Waals surface area contributed by atoms with E-state index in [-0.39, 0.29) is 18.4 Å². The van der Waals surface area contributed by atoms with Crippen LogP contribution in [-0.2, 0) is 13.0 Å². The number of benzene rings is 1. The van der Waals surface area contributed by atoms with E-state index in [9.17, 15) is 9.59 Å². The lowest BCUT2D eigenvalue weighted by molar-refractivity contribution is 0.0637. The first-order valence-electron chi connectivity index (χ1n) is 7.72. The van der Waals surface area contributed by atoms with Crippen LogP contribution < -0.4 is 5.32 Å². The van der Waals surface area contributed by atoms with Gasteiger partial charge in [-0.1, -0.05) is 17.3 Å². The van der Waals surface area contributed by atoms with Crippen molar-refractivity contribution in [2.75, 3.05) is 6.54 Å². The van der Waals surface area contributed by atoms with E-state index in [1.165, 1.54) is 0 Å². The number of rotatable bonds is 4. The Morgan fingerprint density at radius 1 is 1.22 bits per heavy atom. The van der Waals surface area contributed by atoms with E-state index in [4.69, 9.17) is 4.52 Å². The van der Waals surface area contributed by atoms with Crippen molar-refractivity contribution < 1.29 is 14.1 Å². The summed E-state index contributed by atoms with van der Waals surface area (Å²) in [5, 5.41) is 7.26. The first-order chi connectivity index (χ1) is 11.2. The molecule has 0 saturated carbocycles. The number of carbonyl (C=O) groups is 2. The van der Waals surface area contributed by atoms with Crippen LogP contribution in [0, 0.1) is 0 Å². The van der Waals surface area contributed by atoms with Crippen LogP contribution in [0.1, 0.15) is 45.3 Å². The molecule has 0 spiro atoms. The second kappa shape index (κ2) is 5.58. The maximum Gasteiger partial charge on any atom is 0.261 e. The van der Waals surface area contributed by atoms with E-state index in [2.05, 4.69) is 15.5 Å². The van der Waals surface area contributed by atoms with Gasteiger partial charge in [-0.2, -0.15) is 4.98 Å². The Hall–Kier alpha value is -2.54. The highest BCUT2D eigenvalue weighted by Gasteiger charge is 2.36. The predicted molar refractivity (Wildman–Crippen MR) is 79.7 cm³/mol. The van der Waals surface area contributed by atoms with Gasteiger partial charge in [0.05, 0.1) is 17.7 Å². The van der Waals surface area contributed by atoms with Gasteiger partial charge >= 0.3 is 0 Å². The summed E-state index contributed by atoms with van der Waals surface area (Å²) in [7, 11) is 0. The Morgan fingerprint density at radius 2 is 1.96 bits per heavy atom. The van der Waals surface area contributed by atoms with Crippen molar-refractivity contribution in [2.24, 2.45) is 0 Å². The quantitative estimate of drug-likeness (QED) is 0.852. The number of nitrogens with zero attached hydrogens (tertiary/aromatic N) is 3. The molecule has 0 bridgehead atoms. The Bertz CT molecular complexity index is 729. The first kappa shape index (κ1) is 14.1. The van der Waals surface area contributed by atoms with Gasteiger partial charge in [0.25, 0.3) is 11.8 Å². The minimum absolute atomic E-state index is 0.0357. The molecule has 118 valence electrons. The molecule has 3 heterocycles. The standard InChI is InChI=1S/C16H16N4O3/c21-15-11-5-1-2-6-12(11)16(22)20(15)9-13-18-14(23-19-13)8-10-4-3-7-17-10/h1-2,5-6,10,17H,3-4,7-9H2. The third kappa shape index (κ3) is 2.53. The average Bonchev–Trinajstić information content (AvgIpc) is 3.27. The number of hydrogen-bond donors (Lipinski definition) is 1. The number of fused-ring (bicyclic) bond motifs is 1. The topological polar surface area (TPSA) is 88.3 Å². The molecule has 1 fully saturated rings. The summed E-state index contributed by atoms with van der Waals surface area (Å²) in [6, 6.07) is 7.16. The summed E-state index contributed by atoms with van der Waals surface area (Å²) in [6.45, 7) is 1.05. The molecule has 7 nitrogen and oxygen atoms in total. The van der Waals surface area contributed by atoms with E-state index in [0.29, 0.717) is 35.3 Å². The zero-order valence-corrected chi connectivity index (χ0v) is 12.5. The average molecular weight is 312 g/mol. The molecule has 1 N–H and O–H groups in total. The largest absolute Gasteiger partial charge is 0.339 e. The first-order valence-corrected chi connectivity index (χ1v) is 7.72. The van der Waals surface area contributed by atoms with Gasteiger partial charge in [-0.05, 0) is 31.5 Å². The van der Waals surface area contributed by atoms with Gasteiger partial charge in [-0.3, -0.25) is 14.5 Å². The molecule has 2 aliphatic heterocycles. The third-order valence-electron chi connectivity index (χ3n) is 4.27. The highest BCUT2D eigenvalue weighted by Crippen LogP contribution is 2.23. The molecule has 1 atom stereocenters. The van der Waals surface area contributed by atoms with Gasteiger partial charge in [0, 0.05) is 12.5 Å². The molecule has 1 unspecified atom stereocenters. The molecule has 0 aliphatic carbocycles. The smallest absolute Gasteiger partial charge is 0.261 e. The van der Waals surface area contributed by atoms with Gasteiger partial charge in [0.2, 0.25) is 5.89 Å². The van der Waals surface area contributed by atoms with Gasteiger partial charge in [0.15, 0.2) is 5.82 Å². The van der Waals surface area contributed by atoms with Crippen LogP contribution in [0.2, 0.25) is 0 Å². The maximum absolute atomic E-state index is 12.3. The Labute approximate surface area is 132 Å². The number of nitrogens with one attached hydrogen (secondary N) is 1. The summed E-state index contributed by atoms with van der Waals surface area (Å²) >= 11 is 0. The number of carbonyl (C=O) groups excluding carboxylic acids is 2. The summed E-state index contributed by atoms with van der Waals surface area (Å²) in [5.74, 6) is 0.271. The van der Waals surface area contributed by atoms with Crippen molar-refractivity contribution in [1.82, 2.24) is 20.4 Å². The van der Waals surface area contributed by atoms with Crippen LogP contribution in [0.5, 0.6) is 0 Å². The van der Waals surface area contributed by atoms with Gasteiger partial charge in [0.1, 0.15) is 0 Å². The van der Waals surface area contributed by atoms with Crippen molar-refractivity contribution >= 4 is 11.8 Å². The van der Waals surface area contributed by atoms with Crippen LogP contribution in [0.4, 0.5) is 0 Å². The molecule has 2 aromatic rings. The van der Waals surface area contributed by atoms with E-state index in [1.54, 1.807) is 24.3 Å². The van der Waals surface area contributed by atoms with E-state index >= 15 is 0 Å². The molecule has 1 saturated heterocycles. The van der Waals surface area contributed by atoms with Crippen molar-refractivity contribution in [1.29, 1.82) is 0 Å². The van der Waals surface area contributed by atoms with Crippen LogP contribution in [0.15, 0.2) is 28.8 Å².